The summed E-state index contributed by atoms with van der Waals surface area (Å²) in [6.07, 6.45) is 0. The van der Waals surface area contributed by atoms with Gasteiger partial charge in [0, 0.05) is 17.6 Å². The lowest BCUT2D eigenvalue weighted by Gasteiger charge is -2.12. The Morgan fingerprint density at radius 1 is 1.32 bits per heavy atom. The molecule has 0 radical (unpaired) electrons. The predicted molar refractivity (Wildman–Crippen MR) is 79.6 cm³/mol. The highest BCUT2D eigenvalue weighted by molar-refractivity contribution is 5.87. The van der Waals surface area contributed by atoms with Crippen molar-refractivity contribution >= 4 is 10.9 Å². The molecule has 0 unspecified atom stereocenters. The van der Waals surface area contributed by atoms with Crippen LogP contribution in [0.15, 0.2) is 24.3 Å². The molecule has 1 heterocycles. The van der Waals surface area contributed by atoms with Crippen LogP contribution in [0.4, 0.5) is 0 Å². The number of benzene rings is 1. The maximum absolute atomic E-state index is 5.40. The van der Waals surface area contributed by atoms with Crippen LogP contribution in [-0.4, -0.2) is 18.6 Å². The highest BCUT2D eigenvalue weighted by atomic mass is 16.5. The van der Waals surface area contributed by atoms with Gasteiger partial charge in [-0.1, -0.05) is 26.0 Å². The molecule has 0 aliphatic rings. The number of rotatable bonds is 5. The second-order valence-electron chi connectivity index (χ2n) is 5.30. The standard InChI is InChI=1S/C16H22N2O/c1-11(2)9-17-10-13-8-12(3)18-16-14(13)6-5-7-15(16)19-4/h5-8,11,17H,9-10H2,1-4H3. The minimum atomic E-state index is 0.656. The fourth-order valence-corrected chi connectivity index (χ4v) is 2.24. The second-order valence-corrected chi connectivity index (χ2v) is 5.30. The van der Waals surface area contributed by atoms with Crippen LogP contribution < -0.4 is 10.1 Å². The number of aromatic nitrogens is 1. The van der Waals surface area contributed by atoms with Gasteiger partial charge in [0.05, 0.1) is 7.11 Å². The van der Waals surface area contributed by atoms with Gasteiger partial charge in [-0.2, -0.15) is 0 Å². The molecule has 102 valence electrons. The molecule has 19 heavy (non-hydrogen) atoms. The molecule has 0 saturated carbocycles. The number of nitrogens with one attached hydrogen (secondary N) is 1. The molecule has 0 spiro atoms. The molecule has 0 amide bonds. The minimum Gasteiger partial charge on any atom is -0.494 e. The fourth-order valence-electron chi connectivity index (χ4n) is 2.24. The first-order chi connectivity index (χ1) is 9.11. The molecule has 3 heteroatoms. The van der Waals surface area contributed by atoms with Crippen LogP contribution in [0, 0.1) is 12.8 Å². The molecule has 1 aromatic heterocycles. The molecular formula is C16H22N2O. The van der Waals surface area contributed by atoms with Crippen molar-refractivity contribution < 1.29 is 4.74 Å². The zero-order valence-corrected chi connectivity index (χ0v) is 12.2. The number of methoxy groups -OCH3 is 1. The Labute approximate surface area is 115 Å². The van der Waals surface area contributed by atoms with Crippen molar-refractivity contribution in [3.05, 3.63) is 35.5 Å². The maximum atomic E-state index is 5.40. The van der Waals surface area contributed by atoms with E-state index in [9.17, 15) is 0 Å². The van der Waals surface area contributed by atoms with Crippen molar-refractivity contribution in [2.45, 2.75) is 27.3 Å². The van der Waals surface area contributed by atoms with E-state index in [-0.39, 0.29) is 0 Å². The summed E-state index contributed by atoms with van der Waals surface area (Å²) in [5, 5.41) is 4.66. The third-order valence-corrected chi connectivity index (χ3v) is 3.10. The van der Waals surface area contributed by atoms with E-state index in [0.717, 1.165) is 30.0 Å². The molecule has 0 bridgehead atoms. The molecule has 3 nitrogen and oxygen atoms in total. The Morgan fingerprint density at radius 3 is 2.79 bits per heavy atom. The van der Waals surface area contributed by atoms with E-state index in [2.05, 4.69) is 36.3 Å². The summed E-state index contributed by atoms with van der Waals surface area (Å²) in [4.78, 5) is 4.60. The van der Waals surface area contributed by atoms with Crippen LogP contribution in [0.5, 0.6) is 5.75 Å². The molecule has 0 saturated heterocycles. The number of hydrogen-bond donors (Lipinski definition) is 1. The fraction of sp³-hybridized carbons (Fsp3) is 0.438. The summed E-state index contributed by atoms with van der Waals surface area (Å²) in [5.74, 6) is 1.50. The molecule has 1 aromatic carbocycles. The van der Waals surface area contributed by atoms with Crippen molar-refractivity contribution in [3.8, 4) is 5.75 Å². The molecule has 1 N–H and O–H groups in total. The lowest BCUT2D eigenvalue weighted by atomic mass is 10.1. The summed E-state index contributed by atoms with van der Waals surface area (Å²) < 4.78 is 5.40. The van der Waals surface area contributed by atoms with Crippen molar-refractivity contribution in [2.75, 3.05) is 13.7 Å². The monoisotopic (exact) mass is 258 g/mol. The topological polar surface area (TPSA) is 34.1 Å². The first kappa shape index (κ1) is 13.8. The molecule has 0 fully saturated rings. The third kappa shape index (κ3) is 3.24. The summed E-state index contributed by atoms with van der Waals surface area (Å²) >= 11 is 0. The SMILES string of the molecule is COc1cccc2c(CNCC(C)C)cc(C)nc12. The second kappa shape index (κ2) is 6.02. The van der Waals surface area contributed by atoms with Gasteiger partial charge >= 0.3 is 0 Å². The minimum absolute atomic E-state index is 0.656. The average molecular weight is 258 g/mol. The van der Waals surface area contributed by atoms with Crippen molar-refractivity contribution in [1.82, 2.24) is 10.3 Å². The first-order valence-corrected chi connectivity index (χ1v) is 6.75. The van der Waals surface area contributed by atoms with Gasteiger partial charge in [0.2, 0.25) is 0 Å². The van der Waals surface area contributed by atoms with E-state index in [1.165, 1.54) is 10.9 Å². The van der Waals surface area contributed by atoms with E-state index < -0.39 is 0 Å². The Balaban J connectivity index is 2.37. The Morgan fingerprint density at radius 2 is 2.11 bits per heavy atom. The van der Waals surface area contributed by atoms with Gasteiger partial charge < -0.3 is 10.1 Å². The highest BCUT2D eigenvalue weighted by Crippen LogP contribution is 2.26. The summed E-state index contributed by atoms with van der Waals surface area (Å²) in [7, 11) is 1.69. The summed E-state index contributed by atoms with van der Waals surface area (Å²) in [5.41, 5.74) is 3.26. The molecule has 0 atom stereocenters. The number of fused-ring (bicyclic) bond motifs is 1. The number of pyridine rings is 1. The number of aryl methyl sites for hydroxylation is 1. The highest BCUT2D eigenvalue weighted by Gasteiger charge is 2.08. The smallest absolute Gasteiger partial charge is 0.145 e. The van der Waals surface area contributed by atoms with E-state index in [4.69, 9.17) is 4.74 Å². The van der Waals surface area contributed by atoms with Crippen LogP contribution in [-0.2, 0) is 6.54 Å². The molecule has 0 aliphatic heterocycles. The van der Waals surface area contributed by atoms with Crippen LogP contribution in [0.2, 0.25) is 0 Å². The van der Waals surface area contributed by atoms with Crippen LogP contribution in [0.3, 0.4) is 0 Å². The molecule has 0 aliphatic carbocycles. The molecule has 2 aromatic rings. The zero-order valence-electron chi connectivity index (χ0n) is 12.2. The lowest BCUT2D eigenvalue weighted by Crippen LogP contribution is -2.19. The normalized spacial score (nSPS) is 11.2. The predicted octanol–water partition coefficient (Wildman–Crippen LogP) is 3.30. The van der Waals surface area contributed by atoms with E-state index >= 15 is 0 Å². The summed E-state index contributed by atoms with van der Waals surface area (Å²) in [6.45, 7) is 8.34. The number of para-hydroxylation sites is 1. The van der Waals surface area contributed by atoms with Gasteiger partial charge in [-0.15, -0.1) is 0 Å². The van der Waals surface area contributed by atoms with E-state index in [0.29, 0.717) is 5.92 Å². The lowest BCUT2D eigenvalue weighted by molar-refractivity contribution is 0.419. The summed E-state index contributed by atoms with van der Waals surface area (Å²) in [6, 6.07) is 8.23. The van der Waals surface area contributed by atoms with Crippen LogP contribution in [0.1, 0.15) is 25.1 Å². The van der Waals surface area contributed by atoms with Gasteiger partial charge in [-0.25, -0.2) is 4.98 Å². The number of nitrogens with zero attached hydrogens (tertiary/aromatic N) is 1. The van der Waals surface area contributed by atoms with Crippen LogP contribution in [0.25, 0.3) is 10.9 Å². The van der Waals surface area contributed by atoms with E-state index in [1.54, 1.807) is 7.11 Å². The van der Waals surface area contributed by atoms with Gasteiger partial charge in [-0.3, -0.25) is 0 Å². The van der Waals surface area contributed by atoms with Crippen LogP contribution >= 0.6 is 0 Å². The Kier molecular flexibility index (Phi) is 4.38. The molecular weight excluding hydrogens is 236 g/mol. The van der Waals surface area contributed by atoms with Crippen molar-refractivity contribution in [2.24, 2.45) is 5.92 Å². The average Bonchev–Trinajstić information content (AvgIpc) is 2.37. The third-order valence-electron chi connectivity index (χ3n) is 3.10. The first-order valence-electron chi connectivity index (χ1n) is 6.75. The Bertz CT molecular complexity index is 564. The zero-order chi connectivity index (χ0) is 13.8. The van der Waals surface area contributed by atoms with E-state index in [1.807, 2.05) is 19.1 Å². The van der Waals surface area contributed by atoms with Gasteiger partial charge in [0.1, 0.15) is 11.3 Å². The maximum Gasteiger partial charge on any atom is 0.145 e. The number of ether oxygens (including phenoxy) is 1. The van der Waals surface area contributed by atoms with Gasteiger partial charge in [-0.05, 0) is 37.1 Å². The Hall–Kier alpha value is -1.61. The van der Waals surface area contributed by atoms with Crippen molar-refractivity contribution in [1.29, 1.82) is 0 Å². The van der Waals surface area contributed by atoms with Gasteiger partial charge in [0.25, 0.3) is 0 Å². The largest absolute Gasteiger partial charge is 0.494 e. The quantitative estimate of drug-likeness (QED) is 0.893. The van der Waals surface area contributed by atoms with Crippen molar-refractivity contribution in [3.63, 3.8) is 0 Å². The molecule has 2 rings (SSSR count). The number of hydrogen-bond acceptors (Lipinski definition) is 3. The van der Waals surface area contributed by atoms with Gasteiger partial charge in [0.15, 0.2) is 0 Å².